The van der Waals surface area contributed by atoms with Gasteiger partial charge in [0.05, 0.1) is 0 Å². The van der Waals surface area contributed by atoms with Crippen LogP contribution in [0.1, 0.15) is 23.8 Å². The summed E-state index contributed by atoms with van der Waals surface area (Å²) in [6.45, 7) is 6.80. The van der Waals surface area contributed by atoms with Crippen LogP contribution in [-0.2, 0) is 19.4 Å². The Morgan fingerprint density at radius 3 is 3.26 bits per heavy atom. The molecule has 0 bridgehead atoms. The minimum absolute atomic E-state index is 0.697. The Balaban J connectivity index is 1.78. The number of fused-ring (bicyclic) bond motifs is 3. The van der Waals surface area contributed by atoms with E-state index in [0.717, 1.165) is 33.8 Å². The Bertz CT molecular complexity index is 867. The number of nitrogens with zero attached hydrogens (tertiary/aromatic N) is 5. The van der Waals surface area contributed by atoms with Crippen LogP contribution in [0.3, 0.4) is 0 Å². The van der Waals surface area contributed by atoms with Crippen molar-refractivity contribution in [3.63, 3.8) is 0 Å². The largest absolute Gasteiger partial charge is 0.304 e. The summed E-state index contributed by atoms with van der Waals surface area (Å²) < 4.78 is 1.98. The minimum Gasteiger partial charge on any atom is -0.304 e. The van der Waals surface area contributed by atoms with Gasteiger partial charge in [-0.05, 0) is 42.5 Å². The number of thiophene rings is 1. The minimum atomic E-state index is 0.697. The summed E-state index contributed by atoms with van der Waals surface area (Å²) in [7, 11) is 0. The fraction of sp³-hybridized carbons (Fsp3) is 0.375. The van der Waals surface area contributed by atoms with Crippen molar-refractivity contribution in [1.29, 1.82) is 0 Å². The third-order valence-corrected chi connectivity index (χ3v) is 6.31. The van der Waals surface area contributed by atoms with Gasteiger partial charge in [0, 0.05) is 16.8 Å². The van der Waals surface area contributed by atoms with E-state index in [1.165, 1.54) is 22.2 Å². The molecule has 0 fully saturated rings. The van der Waals surface area contributed by atoms with E-state index in [1.54, 1.807) is 24.4 Å². The predicted octanol–water partition coefficient (Wildman–Crippen LogP) is 3.74. The van der Waals surface area contributed by atoms with Gasteiger partial charge < -0.3 is 4.57 Å². The van der Waals surface area contributed by atoms with Crippen LogP contribution in [-0.4, -0.2) is 24.7 Å². The molecule has 7 heteroatoms. The molecule has 0 aromatic carbocycles. The molecule has 0 amide bonds. The third-order valence-electron chi connectivity index (χ3n) is 4.15. The van der Waals surface area contributed by atoms with Gasteiger partial charge in [-0.3, -0.25) is 0 Å². The van der Waals surface area contributed by atoms with Gasteiger partial charge in [0.25, 0.3) is 0 Å². The van der Waals surface area contributed by atoms with Gasteiger partial charge in [0.1, 0.15) is 22.5 Å². The molecule has 0 aliphatic heterocycles. The number of allylic oxidation sites excluding steroid dienone is 1. The molecule has 0 radical (unpaired) electrons. The van der Waals surface area contributed by atoms with Crippen molar-refractivity contribution in [1.82, 2.24) is 24.7 Å². The molecule has 5 nitrogen and oxygen atoms in total. The van der Waals surface area contributed by atoms with E-state index in [0.29, 0.717) is 6.54 Å². The van der Waals surface area contributed by atoms with Crippen molar-refractivity contribution in [2.45, 2.75) is 42.9 Å². The number of aromatic nitrogens is 5. The monoisotopic (exact) mass is 343 g/mol. The lowest BCUT2D eigenvalue weighted by molar-refractivity contribution is 0.509. The lowest BCUT2D eigenvalue weighted by atomic mass is 9.89. The Morgan fingerprint density at radius 1 is 1.48 bits per heavy atom. The summed E-state index contributed by atoms with van der Waals surface area (Å²) in [6.07, 6.45) is 8.75. The Hall–Kier alpha value is -1.73. The fourth-order valence-electron chi connectivity index (χ4n) is 3.00. The molecule has 0 saturated carbocycles. The summed E-state index contributed by atoms with van der Waals surface area (Å²) in [5, 5.41) is 11.3. The van der Waals surface area contributed by atoms with Gasteiger partial charge >= 0.3 is 0 Å². The van der Waals surface area contributed by atoms with Crippen molar-refractivity contribution in [2.24, 2.45) is 5.92 Å². The summed E-state index contributed by atoms with van der Waals surface area (Å²) in [4.78, 5) is 11.6. The molecule has 1 unspecified atom stereocenters. The van der Waals surface area contributed by atoms with Crippen molar-refractivity contribution in [3.05, 3.63) is 35.8 Å². The Labute approximate surface area is 142 Å². The van der Waals surface area contributed by atoms with Crippen molar-refractivity contribution in [2.75, 3.05) is 0 Å². The molecule has 0 saturated heterocycles. The van der Waals surface area contributed by atoms with Crippen LogP contribution in [0.2, 0.25) is 0 Å². The number of aryl methyl sites for hydroxylation is 1. The van der Waals surface area contributed by atoms with Crippen molar-refractivity contribution in [3.8, 4) is 0 Å². The van der Waals surface area contributed by atoms with Crippen LogP contribution < -0.4 is 0 Å². The van der Waals surface area contributed by atoms with E-state index in [4.69, 9.17) is 0 Å². The predicted molar refractivity (Wildman–Crippen MR) is 92.9 cm³/mol. The van der Waals surface area contributed by atoms with E-state index in [-0.39, 0.29) is 0 Å². The topological polar surface area (TPSA) is 56.5 Å². The van der Waals surface area contributed by atoms with Crippen LogP contribution >= 0.6 is 23.1 Å². The first-order valence-electron chi connectivity index (χ1n) is 7.68. The Kier molecular flexibility index (Phi) is 3.90. The molecule has 3 aromatic rings. The molecular weight excluding hydrogens is 326 g/mol. The van der Waals surface area contributed by atoms with Crippen LogP contribution in [0, 0.1) is 5.92 Å². The van der Waals surface area contributed by atoms with Crippen LogP contribution in [0.25, 0.3) is 10.2 Å². The number of hydrogen-bond donors (Lipinski definition) is 0. The summed E-state index contributed by atoms with van der Waals surface area (Å²) in [5.41, 5.74) is 1.45. The highest BCUT2D eigenvalue weighted by Gasteiger charge is 2.23. The van der Waals surface area contributed by atoms with Gasteiger partial charge in [-0.15, -0.1) is 28.1 Å². The van der Waals surface area contributed by atoms with E-state index >= 15 is 0 Å². The molecule has 3 heterocycles. The van der Waals surface area contributed by atoms with Crippen LogP contribution in [0.4, 0.5) is 0 Å². The zero-order valence-corrected chi connectivity index (χ0v) is 14.5. The Morgan fingerprint density at radius 2 is 2.39 bits per heavy atom. The molecular formula is C16H17N5S2. The van der Waals surface area contributed by atoms with Crippen LogP contribution in [0.5, 0.6) is 0 Å². The van der Waals surface area contributed by atoms with Gasteiger partial charge in [-0.25, -0.2) is 9.97 Å². The third kappa shape index (κ3) is 2.68. The summed E-state index contributed by atoms with van der Waals surface area (Å²) in [5.74, 6) is 0.760. The average molecular weight is 343 g/mol. The first-order chi connectivity index (χ1) is 11.3. The van der Waals surface area contributed by atoms with Crippen molar-refractivity contribution < 1.29 is 0 Å². The summed E-state index contributed by atoms with van der Waals surface area (Å²) >= 11 is 3.39. The smallest absolute Gasteiger partial charge is 0.197 e. The lowest BCUT2D eigenvalue weighted by Gasteiger charge is -2.18. The van der Waals surface area contributed by atoms with Gasteiger partial charge in [-0.2, -0.15) is 0 Å². The average Bonchev–Trinajstić information content (AvgIpc) is 3.12. The maximum atomic E-state index is 4.53. The van der Waals surface area contributed by atoms with E-state index in [1.807, 2.05) is 22.0 Å². The maximum absolute atomic E-state index is 4.53. The first kappa shape index (κ1) is 14.8. The van der Waals surface area contributed by atoms with Gasteiger partial charge in [-0.1, -0.05) is 13.0 Å². The highest BCUT2D eigenvalue weighted by molar-refractivity contribution is 7.99. The standard InChI is InChI=1S/C16H17N5S2/c1-3-6-21-9-19-20-16(21)23-15-13-11-5-4-10(2)7-12(11)22-14(13)17-8-18-15/h3,8-10H,1,4-7H2,2H3. The van der Waals surface area contributed by atoms with Crippen LogP contribution in [0.15, 0.2) is 35.5 Å². The SMILES string of the molecule is C=CCn1cnnc1Sc1ncnc2sc3c(c12)CCC(C)C3. The highest BCUT2D eigenvalue weighted by atomic mass is 32.2. The van der Waals surface area contributed by atoms with Gasteiger partial charge in [0.2, 0.25) is 0 Å². The number of hydrogen-bond acceptors (Lipinski definition) is 6. The highest BCUT2D eigenvalue weighted by Crippen LogP contribution is 2.41. The molecule has 0 spiro atoms. The molecule has 1 aliphatic carbocycles. The molecule has 118 valence electrons. The number of rotatable bonds is 4. The molecule has 4 rings (SSSR count). The second kappa shape index (κ2) is 6.05. The zero-order valence-electron chi connectivity index (χ0n) is 12.9. The second-order valence-electron chi connectivity index (χ2n) is 5.87. The molecule has 23 heavy (non-hydrogen) atoms. The summed E-state index contributed by atoms with van der Waals surface area (Å²) in [6, 6.07) is 0. The normalized spacial score (nSPS) is 17.3. The second-order valence-corrected chi connectivity index (χ2v) is 7.91. The van der Waals surface area contributed by atoms with E-state index in [2.05, 4.69) is 33.7 Å². The van der Waals surface area contributed by atoms with Crippen molar-refractivity contribution >= 4 is 33.3 Å². The molecule has 1 atom stereocenters. The quantitative estimate of drug-likeness (QED) is 0.533. The van der Waals surface area contributed by atoms with E-state index in [9.17, 15) is 0 Å². The first-order valence-corrected chi connectivity index (χ1v) is 9.31. The fourth-order valence-corrected chi connectivity index (χ4v) is 5.33. The van der Waals surface area contributed by atoms with E-state index < -0.39 is 0 Å². The molecule has 3 aromatic heterocycles. The maximum Gasteiger partial charge on any atom is 0.197 e. The van der Waals surface area contributed by atoms with Gasteiger partial charge in [0.15, 0.2) is 5.16 Å². The molecule has 0 N–H and O–H groups in total. The lowest BCUT2D eigenvalue weighted by Crippen LogP contribution is -2.08. The zero-order chi connectivity index (χ0) is 15.8. The molecule has 1 aliphatic rings.